The Hall–Kier alpha value is -2.37. The Kier molecular flexibility index (Phi) is 5.68. The van der Waals surface area contributed by atoms with Crippen LogP contribution >= 0.6 is 0 Å². The molecule has 0 spiro atoms. The third kappa shape index (κ3) is 4.18. The van der Waals surface area contributed by atoms with Gasteiger partial charge in [0.15, 0.2) is 11.5 Å². The Morgan fingerprint density at radius 2 is 1.64 bits per heavy atom. The number of benzene rings is 3. The van der Waals surface area contributed by atoms with Crippen molar-refractivity contribution in [3.05, 3.63) is 66.2 Å². The van der Waals surface area contributed by atoms with Crippen molar-refractivity contribution in [2.24, 2.45) is 0 Å². The molecule has 0 bridgehead atoms. The van der Waals surface area contributed by atoms with Crippen molar-refractivity contribution >= 4 is 21.8 Å². The zero-order valence-electron chi connectivity index (χ0n) is 14.3. The summed E-state index contributed by atoms with van der Waals surface area (Å²) in [6, 6.07) is 19.7. The summed E-state index contributed by atoms with van der Waals surface area (Å²) >= 11 is 0. The van der Waals surface area contributed by atoms with Crippen LogP contribution in [0.2, 0.25) is 0 Å². The van der Waals surface area contributed by atoms with Crippen LogP contribution < -0.4 is 14.2 Å². The van der Waals surface area contributed by atoms with Crippen molar-refractivity contribution in [2.45, 2.75) is 11.3 Å². The molecule has 0 fully saturated rings. The van der Waals surface area contributed by atoms with Gasteiger partial charge >= 0.3 is 0 Å². The summed E-state index contributed by atoms with van der Waals surface area (Å²) in [5, 5.41) is 2.24. The van der Waals surface area contributed by atoms with Gasteiger partial charge in [0.2, 0.25) is 0 Å². The summed E-state index contributed by atoms with van der Waals surface area (Å²) in [5.41, 5.74) is 1.10. The molecule has 130 valence electrons. The summed E-state index contributed by atoms with van der Waals surface area (Å²) in [6.45, 7) is 0.606. The van der Waals surface area contributed by atoms with Gasteiger partial charge in [-0.2, -0.15) is 0 Å². The van der Waals surface area contributed by atoms with Crippen molar-refractivity contribution in [2.75, 3.05) is 20.8 Å². The van der Waals surface area contributed by atoms with Crippen molar-refractivity contribution in [1.29, 1.82) is 0 Å². The molecule has 25 heavy (non-hydrogen) atoms. The molecule has 5 heteroatoms. The Labute approximate surface area is 150 Å². The molecule has 3 aromatic carbocycles. The average Bonchev–Trinajstić information content (AvgIpc) is 2.67. The smallest absolute Gasteiger partial charge is 0.160 e. The first-order valence-electron chi connectivity index (χ1n) is 8.06. The molecule has 0 aromatic heterocycles. The van der Waals surface area contributed by atoms with Gasteiger partial charge in [-0.25, -0.2) is 8.93 Å². The normalized spacial score (nSPS) is 12.1. The van der Waals surface area contributed by atoms with E-state index >= 15 is 0 Å². The van der Waals surface area contributed by atoms with E-state index in [2.05, 4.69) is 4.72 Å². The van der Waals surface area contributed by atoms with Gasteiger partial charge in [-0.3, -0.25) is 0 Å². The maximum atomic E-state index is 12.5. The maximum Gasteiger partial charge on any atom is 0.160 e. The number of nitrogens with one attached hydrogen (secondary N) is 1. The zero-order valence-corrected chi connectivity index (χ0v) is 15.1. The molecular weight excluding hydrogens is 334 g/mol. The fourth-order valence-corrected chi connectivity index (χ4v) is 3.57. The highest BCUT2D eigenvalue weighted by molar-refractivity contribution is 7.83. The number of ether oxygens (including phenoxy) is 2. The highest BCUT2D eigenvalue weighted by atomic mass is 32.2. The molecule has 3 aromatic rings. The molecule has 4 nitrogen and oxygen atoms in total. The Morgan fingerprint density at radius 3 is 2.40 bits per heavy atom. The van der Waals surface area contributed by atoms with Crippen molar-refractivity contribution in [3.8, 4) is 11.5 Å². The van der Waals surface area contributed by atoms with E-state index in [1.807, 2.05) is 60.7 Å². The number of methoxy groups -OCH3 is 2. The number of hydrogen-bond acceptors (Lipinski definition) is 3. The quantitative estimate of drug-likeness (QED) is 0.703. The van der Waals surface area contributed by atoms with Gasteiger partial charge in [0.25, 0.3) is 0 Å². The van der Waals surface area contributed by atoms with Crippen LogP contribution in [0.5, 0.6) is 11.5 Å². The van der Waals surface area contributed by atoms with E-state index in [0.29, 0.717) is 18.0 Å². The topological polar surface area (TPSA) is 47.6 Å². The minimum absolute atomic E-state index is 0.606. The van der Waals surface area contributed by atoms with Crippen LogP contribution in [-0.2, 0) is 17.4 Å². The summed E-state index contributed by atoms with van der Waals surface area (Å²) in [6.07, 6.45) is 0.750. The first-order chi connectivity index (χ1) is 12.2. The molecule has 3 rings (SSSR count). The summed E-state index contributed by atoms with van der Waals surface area (Å²) in [5.74, 6) is 1.41. The Bertz CT molecular complexity index is 895. The van der Waals surface area contributed by atoms with E-state index in [0.717, 1.165) is 27.7 Å². The molecule has 0 amide bonds. The van der Waals surface area contributed by atoms with Crippen molar-refractivity contribution in [1.82, 2.24) is 4.72 Å². The molecule has 1 unspecified atom stereocenters. The van der Waals surface area contributed by atoms with Gasteiger partial charge in [0.05, 0.1) is 19.1 Å². The second kappa shape index (κ2) is 8.14. The fourth-order valence-electron chi connectivity index (χ4n) is 2.69. The van der Waals surface area contributed by atoms with E-state index in [4.69, 9.17) is 9.47 Å². The molecule has 1 N–H and O–H groups in total. The largest absolute Gasteiger partial charge is 0.493 e. The predicted octanol–water partition coefficient (Wildman–Crippen LogP) is 3.71. The fraction of sp³-hybridized carbons (Fsp3) is 0.200. The van der Waals surface area contributed by atoms with Crippen LogP contribution in [0.3, 0.4) is 0 Å². The summed E-state index contributed by atoms with van der Waals surface area (Å²) in [7, 11) is 2.00. The molecule has 0 aliphatic rings. The van der Waals surface area contributed by atoms with Crippen LogP contribution in [0.1, 0.15) is 5.56 Å². The van der Waals surface area contributed by atoms with Gasteiger partial charge in [0, 0.05) is 6.54 Å². The molecule has 0 aliphatic heterocycles. The Morgan fingerprint density at radius 1 is 0.880 bits per heavy atom. The second-order valence-corrected chi connectivity index (χ2v) is 6.91. The molecule has 1 atom stereocenters. The molecule has 0 saturated carbocycles. The van der Waals surface area contributed by atoms with Crippen LogP contribution in [-0.4, -0.2) is 25.0 Å². The van der Waals surface area contributed by atoms with Crippen LogP contribution in [0.25, 0.3) is 10.8 Å². The third-order valence-corrected chi connectivity index (χ3v) is 5.18. The lowest BCUT2D eigenvalue weighted by atomic mass is 10.1. The molecular formula is C20H21NO3S. The van der Waals surface area contributed by atoms with Crippen LogP contribution in [0.4, 0.5) is 0 Å². The Balaban J connectivity index is 1.62. The SMILES string of the molecule is COc1ccc(CCNS(=O)c2ccc3ccccc3c2)cc1OC. The lowest BCUT2D eigenvalue weighted by molar-refractivity contribution is 0.354. The molecule has 0 aliphatic carbocycles. The zero-order chi connectivity index (χ0) is 17.6. The van der Waals surface area contributed by atoms with Gasteiger partial charge in [-0.05, 0) is 47.0 Å². The maximum absolute atomic E-state index is 12.5. The predicted molar refractivity (Wildman–Crippen MR) is 102 cm³/mol. The van der Waals surface area contributed by atoms with E-state index in [1.54, 1.807) is 14.2 Å². The monoisotopic (exact) mass is 355 g/mol. The van der Waals surface area contributed by atoms with E-state index in [-0.39, 0.29) is 0 Å². The average molecular weight is 355 g/mol. The van der Waals surface area contributed by atoms with Crippen LogP contribution in [0.15, 0.2) is 65.6 Å². The molecule has 0 radical (unpaired) electrons. The van der Waals surface area contributed by atoms with E-state index in [1.165, 1.54) is 0 Å². The second-order valence-electron chi connectivity index (χ2n) is 5.61. The molecule has 0 saturated heterocycles. The van der Waals surface area contributed by atoms with Gasteiger partial charge < -0.3 is 9.47 Å². The number of fused-ring (bicyclic) bond motifs is 1. The van der Waals surface area contributed by atoms with Crippen LogP contribution in [0, 0.1) is 0 Å². The first kappa shape index (κ1) is 17.5. The summed E-state index contributed by atoms with van der Waals surface area (Å²) < 4.78 is 26.1. The number of hydrogen-bond donors (Lipinski definition) is 1. The first-order valence-corrected chi connectivity index (χ1v) is 9.21. The minimum Gasteiger partial charge on any atom is -0.493 e. The van der Waals surface area contributed by atoms with Gasteiger partial charge in [-0.15, -0.1) is 0 Å². The van der Waals surface area contributed by atoms with E-state index in [9.17, 15) is 4.21 Å². The lowest BCUT2D eigenvalue weighted by Gasteiger charge is -2.10. The van der Waals surface area contributed by atoms with E-state index < -0.39 is 11.0 Å². The van der Waals surface area contributed by atoms with Gasteiger partial charge in [0.1, 0.15) is 11.0 Å². The third-order valence-electron chi connectivity index (χ3n) is 4.03. The highest BCUT2D eigenvalue weighted by Gasteiger charge is 2.07. The number of rotatable bonds is 7. The molecule has 0 heterocycles. The lowest BCUT2D eigenvalue weighted by Crippen LogP contribution is -2.20. The van der Waals surface area contributed by atoms with Crippen molar-refractivity contribution in [3.63, 3.8) is 0 Å². The van der Waals surface area contributed by atoms with Crippen molar-refractivity contribution < 1.29 is 13.7 Å². The minimum atomic E-state index is -1.23. The standard InChI is InChI=1S/C20H21NO3S/c1-23-19-10-7-15(13-20(19)24-2)11-12-21-25(22)18-9-8-16-5-3-4-6-17(16)14-18/h3-10,13-14,21H,11-12H2,1-2H3. The highest BCUT2D eigenvalue weighted by Crippen LogP contribution is 2.27. The summed E-state index contributed by atoms with van der Waals surface area (Å²) in [4.78, 5) is 0.783. The van der Waals surface area contributed by atoms with Gasteiger partial charge in [-0.1, -0.05) is 36.4 Å².